The van der Waals surface area contributed by atoms with Gasteiger partial charge in [-0.1, -0.05) is 71.4 Å². The third-order valence-corrected chi connectivity index (χ3v) is 6.71. The average molecular weight is 513 g/mol. The number of amides is 1. The number of carbonyl (C=O) groups is 1. The quantitative estimate of drug-likeness (QED) is 0.227. The molecule has 4 rings (SSSR count). The molecule has 0 spiro atoms. The van der Waals surface area contributed by atoms with Crippen LogP contribution in [0.3, 0.4) is 0 Å². The lowest BCUT2D eigenvalue weighted by molar-refractivity contribution is -0.105. The second kappa shape index (κ2) is 12.0. The number of hydrogen-bond donors (Lipinski definition) is 3. The molecule has 34 heavy (non-hydrogen) atoms. The molecule has 0 aliphatic heterocycles. The Balaban J connectivity index is 0.000000248. The fourth-order valence-corrected chi connectivity index (χ4v) is 4.52. The van der Waals surface area contributed by atoms with Crippen molar-refractivity contribution in [3.8, 4) is 0 Å². The molecule has 4 aromatic rings. The van der Waals surface area contributed by atoms with Gasteiger partial charge in [0, 0.05) is 17.3 Å². The van der Waals surface area contributed by atoms with Gasteiger partial charge < -0.3 is 16.0 Å². The first kappa shape index (κ1) is 25.7. The summed E-state index contributed by atoms with van der Waals surface area (Å²) in [5.41, 5.74) is 6.79. The maximum Gasteiger partial charge on any atom is 0.213 e. The number of hydrogen-bond acceptors (Lipinski definition) is 5. The average Bonchev–Trinajstić information content (AvgIpc) is 3.21. The number of fused-ring (bicyclic) bond motifs is 1. The van der Waals surface area contributed by atoms with E-state index in [1.165, 1.54) is 16.9 Å². The number of aryl methyl sites for hydroxylation is 2. The standard InChI is InChI=1S/C17H14ClN3OS.C9H12ClN/c1-10-4-3-5-13(18)16(10)20-11(2)12-6-7-14-15(8-12)23-17(21-14)19-9-22;1-7-3-4-8(6-11-2)5-9(7)10/h3-9,20H,2H2,1H3,(H,19,21,22);3-5,11H,6H2,1-2H3. The number of rotatable bonds is 7. The van der Waals surface area contributed by atoms with Gasteiger partial charge >= 0.3 is 0 Å². The van der Waals surface area contributed by atoms with E-state index in [2.05, 4.69) is 33.6 Å². The first-order valence-electron chi connectivity index (χ1n) is 10.5. The molecular weight excluding hydrogens is 487 g/mol. The van der Waals surface area contributed by atoms with E-state index in [0.29, 0.717) is 16.6 Å². The second-order valence-corrected chi connectivity index (χ2v) is 9.46. The Morgan fingerprint density at radius 2 is 1.85 bits per heavy atom. The van der Waals surface area contributed by atoms with Crippen LogP contribution < -0.4 is 16.0 Å². The van der Waals surface area contributed by atoms with Crippen LogP contribution in [0, 0.1) is 13.8 Å². The number of halogens is 2. The molecule has 0 unspecified atom stereocenters. The fraction of sp³-hybridized carbons (Fsp3) is 0.154. The second-order valence-electron chi connectivity index (χ2n) is 7.61. The van der Waals surface area contributed by atoms with Crippen molar-refractivity contribution in [2.24, 2.45) is 0 Å². The third kappa shape index (κ3) is 6.58. The summed E-state index contributed by atoms with van der Waals surface area (Å²) in [5.74, 6) is 0. The molecule has 8 heteroatoms. The van der Waals surface area contributed by atoms with E-state index in [0.717, 1.165) is 49.9 Å². The summed E-state index contributed by atoms with van der Waals surface area (Å²) in [6, 6.07) is 17.7. The molecule has 1 amide bonds. The number of nitrogens with one attached hydrogen (secondary N) is 3. The number of para-hydroxylation sites is 1. The summed E-state index contributed by atoms with van der Waals surface area (Å²) in [5, 5.41) is 11.0. The zero-order chi connectivity index (χ0) is 24.7. The summed E-state index contributed by atoms with van der Waals surface area (Å²) >= 11 is 13.6. The smallest absolute Gasteiger partial charge is 0.213 e. The number of anilines is 2. The minimum atomic E-state index is 0.577. The molecule has 0 saturated heterocycles. The SMILES string of the molecule is C=C(Nc1c(C)cccc1Cl)c1ccc2nc(NC=O)sc2c1.CNCc1ccc(C)c(Cl)c1. The predicted molar refractivity (Wildman–Crippen MR) is 147 cm³/mol. The van der Waals surface area contributed by atoms with Crippen LogP contribution in [0.5, 0.6) is 0 Å². The van der Waals surface area contributed by atoms with E-state index >= 15 is 0 Å². The van der Waals surface area contributed by atoms with Gasteiger partial charge in [0.1, 0.15) is 0 Å². The van der Waals surface area contributed by atoms with Crippen LogP contribution in [-0.2, 0) is 11.3 Å². The molecule has 0 fully saturated rings. The highest BCUT2D eigenvalue weighted by Gasteiger charge is 2.09. The normalized spacial score (nSPS) is 10.4. The molecule has 176 valence electrons. The van der Waals surface area contributed by atoms with Gasteiger partial charge in [-0.2, -0.15) is 0 Å². The molecule has 0 saturated carbocycles. The van der Waals surface area contributed by atoms with Gasteiger partial charge in [-0.15, -0.1) is 0 Å². The number of carbonyl (C=O) groups excluding carboxylic acids is 1. The van der Waals surface area contributed by atoms with Crippen LogP contribution >= 0.6 is 34.5 Å². The molecule has 0 radical (unpaired) electrons. The van der Waals surface area contributed by atoms with Crippen molar-refractivity contribution in [3.63, 3.8) is 0 Å². The Bertz CT molecular complexity index is 1300. The Hall–Kier alpha value is -2.90. The highest BCUT2D eigenvalue weighted by Crippen LogP contribution is 2.31. The van der Waals surface area contributed by atoms with E-state index < -0.39 is 0 Å². The molecular formula is C26H26Cl2N4OS. The summed E-state index contributed by atoms with van der Waals surface area (Å²) in [6.45, 7) is 8.97. The fourth-order valence-electron chi connectivity index (χ4n) is 3.19. The van der Waals surface area contributed by atoms with Gasteiger partial charge in [-0.3, -0.25) is 4.79 Å². The predicted octanol–water partition coefficient (Wildman–Crippen LogP) is 7.28. The zero-order valence-corrected chi connectivity index (χ0v) is 21.5. The molecule has 1 heterocycles. The number of thiazole rings is 1. The lowest BCUT2D eigenvalue weighted by Crippen LogP contribution is -2.04. The van der Waals surface area contributed by atoms with Crippen LogP contribution in [0.25, 0.3) is 15.9 Å². The van der Waals surface area contributed by atoms with Crippen molar-refractivity contribution in [2.75, 3.05) is 17.7 Å². The third-order valence-electron chi connectivity index (χ3n) is 5.03. The lowest BCUT2D eigenvalue weighted by Gasteiger charge is -2.13. The maximum absolute atomic E-state index is 10.5. The van der Waals surface area contributed by atoms with Gasteiger partial charge in [-0.05, 0) is 67.4 Å². The van der Waals surface area contributed by atoms with E-state index in [9.17, 15) is 4.79 Å². The van der Waals surface area contributed by atoms with E-state index in [1.54, 1.807) is 0 Å². The topological polar surface area (TPSA) is 66.0 Å². The largest absolute Gasteiger partial charge is 0.354 e. The van der Waals surface area contributed by atoms with Gasteiger partial charge in [0.15, 0.2) is 5.13 Å². The van der Waals surface area contributed by atoms with Gasteiger partial charge in [-0.25, -0.2) is 4.98 Å². The molecule has 0 aliphatic rings. The molecule has 3 aromatic carbocycles. The van der Waals surface area contributed by atoms with Crippen molar-refractivity contribution >= 4 is 67.7 Å². The van der Waals surface area contributed by atoms with E-state index in [1.807, 2.05) is 69.4 Å². The Morgan fingerprint density at radius 1 is 1.06 bits per heavy atom. The van der Waals surface area contributed by atoms with Crippen molar-refractivity contribution < 1.29 is 4.79 Å². The van der Waals surface area contributed by atoms with Crippen LogP contribution in [-0.4, -0.2) is 18.4 Å². The van der Waals surface area contributed by atoms with E-state index in [4.69, 9.17) is 23.2 Å². The summed E-state index contributed by atoms with van der Waals surface area (Å²) in [4.78, 5) is 14.8. The molecule has 1 aromatic heterocycles. The van der Waals surface area contributed by atoms with Crippen LogP contribution in [0.1, 0.15) is 22.3 Å². The van der Waals surface area contributed by atoms with Crippen molar-refractivity contribution in [3.05, 3.63) is 93.5 Å². The molecule has 0 bridgehead atoms. The monoisotopic (exact) mass is 512 g/mol. The molecule has 3 N–H and O–H groups in total. The first-order valence-corrected chi connectivity index (χ1v) is 12.1. The Kier molecular flexibility index (Phi) is 9.07. The highest BCUT2D eigenvalue weighted by atomic mass is 35.5. The Morgan fingerprint density at radius 3 is 2.53 bits per heavy atom. The minimum absolute atomic E-state index is 0.577. The number of benzene rings is 3. The lowest BCUT2D eigenvalue weighted by atomic mass is 10.1. The van der Waals surface area contributed by atoms with Crippen LogP contribution in [0.15, 0.2) is 61.2 Å². The summed E-state index contributed by atoms with van der Waals surface area (Å²) in [7, 11) is 1.92. The molecule has 0 aliphatic carbocycles. The van der Waals surface area contributed by atoms with Crippen molar-refractivity contribution in [1.82, 2.24) is 10.3 Å². The van der Waals surface area contributed by atoms with Crippen molar-refractivity contribution in [2.45, 2.75) is 20.4 Å². The van der Waals surface area contributed by atoms with Crippen molar-refractivity contribution in [1.29, 1.82) is 0 Å². The zero-order valence-electron chi connectivity index (χ0n) is 19.2. The van der Waals surface area contributed by atoms with Crippen LogP contribution in [0.2, 0.25) is 10.0 Å². The number of aromatic nitrogens is 1. The number of nitrogens with zero attached hydrogens (tertiary/aromatic N) is 1. The molecule has 5 nitrogen and oxygen atoms in total. The van der Waals surface area contributed by atoms with Gasteiger partial charge in [0.05, 0.1) is 20.9 Å². The molecule has 0 atom stereocenters. The summed E-state index contributed by atoms with van der Waals surface area (Å²) in [6.07, 6.45) is 0.624. The maximum atomic E-state index is 10.5. The first-order chi connectivity index (χ1) is 16.3. The summed E-state index contributed by atoms with van der Waals surface area (Å²) < 4.78 is 0.977. The van der Waals surface area contributed by atoms with Gasteiger partial charge in [0.2, 0.25) is 6.41 Å². The minimum Gasteiger partial charge on any atom is -0.354 e. The van der Waals surface area contributed by atoms with Crippen LogP contribution in [0.4, 0.5) is 10.8 Å². The highest BCUT2D eigenvalue weighted by molar-refractivity contribution is 7.22. The van der Waals surface area contributed by atoms with Gasteiger partial charge in [0.25, 0.3) is 0 Å². The van der Waals surface area contributed by atoms with E-state index in [-0.39, 0.29) is 0 Å². The Labute approximate surface area is 213 Å².